The summed E-state index contributed by atoms with van der Waals surface area (Å²) in [5.74, 6) is -0.769. The van der Waals surface area contributed by atoms with Crippen LogP contribution in [0.3, 0.4) is 0 Å². The molecule has 1 fully saturated rings. The Morgan fingerprint density at radius 3 is 2.75 bits per heavy atom. The molecule has 0 saturated carbocycles. The molecule has 1 heterocycles. The molecule has 0 spiro atoms. The highest BCUT2D eigenvalue weighted by Crippen LogP contribution is 2.22. The van der Waals surface area contributed by atoms with Crippen molar-refractivity contribution in [1.29, 1.82) is 0 Å². The number of hydrogen-bond donors (Lipinski definition) is 1. The van der Waals surface area contributed by atoms with Crippen molar-refractivity contribution < 1.29 is 9.59 Å². The number of hydrogen-bond acceptors (Lipinski definition) is 2. The van der Waals surface area contributed by atoms with Gasteiger partial charge in [-0.15, -0.1) is 0 Å². The predicted molar refractivity (Wildman–Crippen MR) is 79.4 cm³/mol. The van der Waals surface area contributed by atoms with E-state index in [0.717, 1.165) is 0 Å². The number of amides is 2. The first-order valence-electron chi connectivity index (χ1n) is 6.18. The monoisotopic (exact) mass is 312 g/mol. The molecule has 1 unspecified atom stereocenters. The van der Waals surface area contributed by atoms with E-state index in [9.17, 15) is 9.59 Å². The first-order valence-corrected chi connectivity index (χ1v) is 6.94. The molecule has 1 aliphatic rings. The molecule has 2 rings (SSSR count). The summed E-state index contributed by atoms with van der Waals surface area (Å²) < 4.78 is 0. The van der Waals surface area contributed by atoms with Crippen LogP contribution in [-0.4, -0.2) is 29.8 Å². The summed E-state index contributed by atoms with van der Waals surface area (Å²) in [5.41, 5.74) is 5.91. The van der Waals surface area contributed by atoms with Crippen molar-refractivity contribution in [2.24, 2.45) is 11.7 Å². The molecule has 1 aromatic carbocycles. The van der Waals surface area contributed by atoms with Gasteiger partial charge in [0.25, 0.3) is 0 Å². The molecule has 4 nitrogen and oxygen atoms in total. The van der Waals surface area contributed by atoms with Gasteiger partial charge in [-0.3, -0.25) is 9.59 Å². The minimum atomic E-state index is -0.359. The van der Waals surface area contributed by atoms with Gasteiger partial charge in [-0.1, -0.05) is 23.2 Å². The molecule has 0 aliphatic carbocycles. The van der Waals surface area contributed by atoms with Gasteiger partial charge >= 0.3 is 0 Å². The molecule has 2 amide bonds. The number of rotatable bonds is 3. The van der Waals surface area contributed by atoms with Gasteiger partial charge in [-0.25, -0.2) is 0 Å². The average molecular weight is 313 g/mol. The molecule has 0 aromatic heterocycles. The van der Waals surface area contributed by atoms with Crippen LogP contribution in [0.2, 0.25) is 10.0 Å². The molecule has 106 valence electrons. The first kappa shape index (κ1) is 14.9. The van der Waals surface area contributed by atoms with Crippen molar-refractivity contribution >= 4 is 41.1 Å². The minimum absolute atomic E-state index is 0.162. The van der Waals surface area contributed by atoms with Crippen molar-refractivity contribution in [2.45, 2.75) is 6.42 Å². The Morgan fingerprint density at radius 1 is 1.35 bits per heavy atom. The molecule has 0 radical (unpaired) electrons. The van der Waals surface area contributed by atoms with E-state index in [4.69, 9.17) is 28.9 Å². The van der Waals surface area contributed by atoms with Crippen LogP contribution in [0.5, 0.6) is 0 Å². The molecular formula is C14H14Cl2N2O2. The summed E-state index contributed by atoms with van der Waals surface area (Å²) in [6.07, 6.45) is 3.67. The second-order valence-electron chi connectivity index (χ2n) is 4.67. The van der Waals surface area contributed by atoms with Gasteiger partial charge in [-0.05, 0) is 36.3 Å². The van der Waals surface area contributed by atoms with E-state index in [1.54, 1.807) is 29.2 Å². The molecule has 1 aliphatic heterocycles. The van der Waals surface area contributed by atoms with E-state index < -0.39 is 0 Å². The maximum Gasteiger partial charge on any atom is 0.246 e. The number of nitrogens with two attached hydrogens (primary N) is 1. The van der Waals surface area contributed by atoms with Crippen molar-refractivity contribution in [1.82, 2.24) is 4.90 Å². The van der Waals surface area contributed by atoms with Crippen LogP contribution in [0.1, 0.15) is 12.0 Å². The Hall–Kier alpha value is -1.52. The highest BCUT2D eigenvalue weighted by atomic mass is 35.5. The largest absolute Gasteiger partial charge is 0.369 e. The van der Waals surface area contributed by atoms with Crippen LogP contribution in [-0.2, 0) is 9.59 Å². The number of primary amides is 1. The van der Waals surface area contributed by atoms with Gasteiger partial charge in [0, 0.05) is 29.2 Å². The fraction of sp³-hybridized carbons (Fsp3) is 0.286. The van der Waals surface area contributed by atoms with Crippen molar-refractivity contribution in [3.63, 3.8) is 0 Å². The van der Waals surface area contributed by atoms with E-state index >= 15 is 0 Å². The summed E-state index contributed by atoms with van der Waals surface area (Å²) in [4.78, 5) is 24.7. The second-order valence-corrected chi connectivity index (χ2v) is 5.52. The van der Waals surface area contributed by atoms with Crippen molar-refractivity contribution in [3.8, 4) is 0 Å². The number of carbonyl (C=O) groups excluding carboxylic acids is 2. The van der Waals surface area contributed by atoms with Crippen molar-refractivity contribution in [2.75, 3.05) is 13.1 Å². The summed E-state index contributed by atoms with van der Waals surface area (Å²) >= 11 is 11.9. The standard InChI is InChI=1S/C14H14Cl2N2O2/c15-11-2-3-12(16)9(7-11)1-4-13(19)18-6-5-10(8-18)14(17)20/h1-4,7,10H,5-6,8H2,(H2,17,20)/b4-1+. The molecule has 1 atom stereocenters. The number of halogens is 2. The molecule has 1 aromatic rings. The molecule has 2 N–H and O–H groups in total. The third kappa shape index (κ3) is 3.52. The summed E-state index contributed by atoms with van der Waals surface area (Å²) in [6.45, 7) is 0.918. The van der Waals surface area contributed by atoms with Crippen LogP contribution in [0, 0.1) is 5.92 Å². The predicted octanol–water partition coefficient (Wildman–Crippen LogP) is 2.34. The van der Waals surface area contributed by atoms with Crippen LogP contribution in [0.4, 0.5) is 0 Å². The zero-order valence-corrected chi connectivity index (χ0v) is 12.2. The first-order chi connectivity index (χ1) is 9.47. The minimum Gasteiger partial charge on any atom is -0.369 e. The number of benzene rings is 1. The van der Waals surface area contributed by atoms with E-state index in [1.807, 2.05) is 0 Å². The smallest absolute Gasteiger partial charge is 0.246 e. The summed E-state index contributed by atoms with van der Waals surface area (Å²) in [5, 5.41) is 1.08. The number of nitrogens with zero attached hydrogens (tertiary/aromatic N) is 1. The van der Waals surface area contributed by atoms with Gasteiger partial charge in [0.15, 0.2) is 0 Å². The summed E-state index contributed by atoms with van der Waals surface area (Å²) in [6, 6.07) is 5.04. The Morgan fingerprint density at radius 2 is 2.10 bits per heavy atom. The third-order valence-corrected chi connectivity index (χ3v) is 3.85. The van der Waals surface area contributed by atoms with E-state index in [2.05, 4.69) is 0 Å². The topological polar surface area (TPSA) is 63.4 Å². The zero-order valence-electron chi connectivity index (χ0n) is 10.7. The van der Waals surface area contributed by atoms with Crippen LogP contribution < -0.4 is 5.73 Å². The second kappa shape index (κ2) is 6.29. The van der Waals surface area contributed by atoms with Crippen molar-refractivity contribution in [3.05, 3.63) is 39.9 Å². The SMILES string of the molecule is NC(=O)C1CCN(C(=O)/C=C/c2cc(Cl)ccc2Cl)C1. The van der Waals surface area contributed by atoms with Gasteiger partial charge < -0.3 is 10.6 Å². The average Bonchev–Trinajstić information content (AvgIpc) is 2.89. The lowest BCUT2D eigenvalue weighted by Gasteiger charge is -2.13. The normalized spacial score (nSPS) is 18.7. The lowest BCUT2D eigenvalue weighted by Crippen LogP contribution is -2.30. The quantitative estimate of drug-likeness (QED) is 0.871. The Kier molecular flexibility index (Phi) is 4.68. The third-order valence-electron chi connectivity index (χ3n) is 3.27. The van der Waals surface area contributed by atoms with E-state index in [-0.39, 0.29) is 17.7 Å². The molecule has 20 heavy (non-hydrogen) atoms. The molecule has 1 saturated heterocycles. The van der Waals surface area contributed by atoms with Crippen LogP contribution in [0.25, 0.3) is 6.08 Å². The Bertz CT molecular complexity index is 572. The molecule has 6 heteroatoms. The lowest BCUT2D eigenvalue weighted by atomic mass is 10.1. The maximum absolute atomic E-state index is 12.0. The highest BCUT2D eigenvalue weighted by molar-refractivity contribution is 6.34. The fourth-order valence-electron chi connectivity index (χ4n) is 2.10. The Labute approximate surface area is 127 Å². The van der Waals surface area contributed by atoms with E-state index in [0.29, 0.717) is 35.1 Å². The lowest BCUT2D eigenvalue weighted by molar-refractivity contribution is -0.125. The molecule has 0 bridgehead atoms. The highest BCUT2D eigenvalue weighted by Gasteiger charge is 2.28. The van der Waals surface area contributed by atoms with E-state index in [1.165, 1.54) is 6.08 Å². The Balaban J connectivity index is 2.03. The van der Waals surface area contributed by atoms with Gasteiger partial charge in [-0.2, -0.15) is 0 Å². The van der Waals surface area contributed by atoms with Gasteiger partial charge in [0.05, 0.1) is 5.92 Å². The van der Waals surface area contributed by atoms with Gasteiger partial charge in [0.2, 0.25) is 11.8 Å². The van der Waals surface area contributed by atoms with Crippen LogP contribution in [0.15, 0.2) is 24.3 Å². The number of carbonyl (C=O) groups is 2. The maximum atomic E-state index is 12.0. The number of likely N-dealkylation sites (tertiary alicyclic amines) is 1. The summed E-state index contributed by atoms with van der Waals surface area (Å²) in [7, 11) is 0. The fourth-order valence-corrected chi connectivity index (χ4v) is 2.46. The molecular weight excluding hydrogens is 299 g/mol. The van der Waals surface area contributed by atoms with Crippen LogP contribution >= 0.6 is 23.2 Å². The zero-order chi connectivity index (χ0) is 14.7. The van der Waals surface area contributed by atoms with Gasteiger partial charge in [0.1, 0.15) is 0 Å².